The Morgan fingerprint density at radius 3 is 2.64 bits per heavy atom. The van der Waals surface area contributed by atoms with Crippen molar-refractivity contribution in [2.24, 2.45) is 0 Å². The van der Waals surface area contributed by atoms with Crippen LogP contribution in [0, 0.1) is 12.7 Å². The van der Waals surface area contributed by atoms with Crippen molar-refractivity contribution < 1.29 is 27.1 Å². The second-order valence-corrected chi connectivity index (χ2v) is 10.5. The summed E-state index contributed by atoms with van der Waals surface area (Å²) >= 11 is 0. The fourth-order valence-electron chi connectivity index (χ4n) is 3.97. The van der Waals surface area contributed by atoms with Crippen LogP contribution in [0.25, 0.3) is 11.1 Å². The van der Waals surface area contributed by atoms with Gasteiger partial charge in [-0.2, -0.15) is 0 Å². The summed E-state index contributed by atoms with van der Waals surface area (Å²) < 4.78 is 43.6. The SMILES string of the molecule is CC(=O)NC[C@H]1CN(c2ccc(-c3cnc(N4CCS(=O)(=O)CC4)c(C)c3)c(F)c2)C(=O)O1. The Balaban J connectivity index is 1.50. The van der Waals surface area contributed by atoms with Crippen LogP contribution in [0.3, 0.4) is 0 Å². The van der Waals surface area contributed by atoms with E-state index in [0.717, 1.165) is 5.56 Å². The monoisotopic (exact) mass is 476 g/mol. The first kappa shape index (κ1) is 23.0. The number of benzene rings is 1. The lowest BCUT2D eigenvalue weighted by Crippen LogP contribution is -2.41. The number of aromatic nitrogens is 1. The van der Waals surface area contributed by atoms with E-state index in [-0.39, 0.29) is 30.5 Å². The van der Waals surface area contributed by atoms with E-state index in [4.69, 9.17) is 4.74 Å². The van der Waals surface area contributed by atoms with Gasteiger partial charge in [0.2, 0.25) is 5.91 Å². The third kappa shape index (κ3) is 5.08. The highest BCUT2D eigenvalue weighted by Crippen LogP contribution is 2.31. The molecule has 11 heteroatoms. The van der Waals surface area contributed by atoms with Crippen molar-refractivity contribution in [3.05, 3.63) is 41.8 Å². The molecule has 0 radical (unpaired) electrons. The molecule has 9 nitrogen and oxygen atoms in total. The van der Waals surface area contributed by atoms with Crippen LogP contribution < -0.4 is 15.1 Å². The minimum absolute atomic E-state index is 0.0938. The molecule has 0 aliphatic carbocycles. The van der Waals surface area contributed by atoms with E-state index in [0.29, 0.717) is 35.7 Å². The number of ether oxygens (including phenoxy) is 1. The zero-order valence-electron chi connectivity index (χ0n) is 18.4. The molecular formula is C22H25FN4O5S. The van der Waals surface area contributed by atoms with Crippen LogP contribution in [0.1, 0.15) is 12.5 Å². The van der Waals surface area contributed by atoms with E-state index < -0.39 is 27.9 Å². The quantitative estimate of drug-likeness (QED) is 0.702. The average Bonchev–Trinajstić information content (AvgIpc) is 3.13. The van der Waals surface area contributed by atoms with Crippen molar-refractivity contribution >= 4 is 33.3 Å². The molecule has 2 saturated heterocycles. The predicted octanol–water partition coefficient (Wildman–Crippen LogP) is 1.89. The fraction of sp³-hybridized carbons (Fsp3) is 0.409. The summed E-state index contributed by atoms with van der Waals surface area (Å²) in [6.07, 6.45) is 0.466. The van der Waals surface area contributed by atoms with Gasteiger partial charge >= 0.3 is 6.09 Å². The Kier molecular flexibility index (Phi) is 6.24. The van der Waals surface area contributed by atoms with Gasteiger partial charge in [0, 0.05) is 37.3 Å². The van der Waals surface area contributed by atoms with E-state index in [2.05, 4.69) is 10.3 Å². The number of cyclic esters (lactones) is 1. The Morgan fingerprint density at radius 2 is 2.00 bits per heavy atom. The summed E-state index contributed by atoms with van der Waals surface area (Å²) in [4.78, 5) is 31.0. The number of hydrogen-bond donors (Lipinski definition) is 1. The van der Waals surface area contributed by atoms with Gasteiger partial charge < -0.3 is 15.0 Å². The Labute approximate surface area is 191 Å². The van der Waals surface area contributed by atoms with Crippen molar-refractivity contribution in [3.63, 3.8) is 0 Å². The number of carbonyl (C=O) groups is 2. The van der Waals surface area contributed by atoms with Crippen LogP contribution in [-0.4, -0.2) is 69.2 Å². The van der Waals surface area contributed by atoms with Crippen molar-refractivity contribution in [2.45, 2.75) is 20.0 Å². The van der Waals surface area contributed by atoms with Crippen molar-refractivity contribution in [2.75, 3.05) is 47.5 Å². The Morgan fingerprint density at radius 1 is 1.27 bits per heavy atom. The molecule has 2 aliphatic heterocycles. The molecule has 2 aliphatic rings. The molecule has 0 spiro atoms. The van der Waals surface area contributed by atoms with Crippen LogP contribution >= 0.6 is 0 Å². The molecule has 176 valence electrons. The summed E-state index contributed by atoms with van der Waals surface area (Å²) in [5.41, 5.74) is 2.10. The van der Waals surface area contributed by atoms with Gasteiger partial charge in [0.15, 0.2) is 9.84 Å². The highest BCUT2D eigenvalue weighted by Gasteiger charge is 2.33. The molecule has 3 heterocycles. The largest absolute Gasteiger partial charge is 0.442 e. The number of carbonyl (C=O) groups excluding carboxylic acids is 2. The van der Waals surface area contributed by atoms with Crippen molar-refractivity contribution in [3.8, 4) is 11.1 Å². The summed E-state index contributed by atoms with van der Waals surface area (Å²) in [5, 5.41) is 2.60. The number of pyridine rings is 1. The van der Waals surface area contributed by atoms with Crippen LogP contribution in [0.2, 0.25) is 0 Å². The summed E-state index contributed by atoms with van der Waals surface area (Å²) in [6.45, 7) is 4.40. The molecule has 1 aromatic carbocycles. The highest BCUT2D eigenvalue weighted by atomic mass is 32.2. The zero-order chi connectivity index (χ0) is 23.8. The first-order chi connectivity index (χ1) is 15.6. The van der Waals surface area contributed by atoms with E-state index in [1.165, 1.54) is 17.9 Å². The minimum atomic E-state index is -2.99. The Hall–Kier alpha value is -3.21. The Bertz CT molecular complexity index is 1190. The topological polar surface area (TPSA) is 109 Å². The third-order valence-corrected chi connectivity index (χ3v) is 7.33. The lowest BCUT2D eigenvalue weighted by molar-refractivity contribution is -0.119. The molecule has 2 amide bonds. The fourth-order valence-corrected chi connectivity index (χ4v) is 5.17. The lowest BCUT2D eigenvalue weighted by Gasteiger charge is -2.29. The van der Waals surface area contributed by atoms with Gasteiger partial charge in [0.05, 0.1) is 30.3 Å². The number of nitrogens with one attached hydrogen (secondary N) is 1. The third-order valence-electron chi connectivity index (χ3n) is 5.72. The number of anilines is 2. The number of amides is 2. The van der Waals surface area contributed by atoms with Crippen molar-refractivity contribution in [1.82, 2.24) is 10.3 Å². The maximum Gasteiger partial charge on any atom is 0.414 e. The lowest BCUT2D eigenvalue weighted by atomic mass is 10.0. The molecule has 0 unspecified atom stereocenters. The van der Waals surface area contributed by atoms with Gasteiger partial charge in [-0.05, 0) is 36.8 Å². The molecule has 0 bridgehead atoms. The van der Waals surface area contributed by atoms with Crippen LogP contribution in [0.15, 0.2) is 30.5 Å². The molecule has 0 saturated carbocycles. The number of rotatable bonds is 5. The van der Waals surface area contributed by atoms with E-state index in [1.54, 1.807) is 18.3 Å². The summed E-state index contributed by atoms with van der Waals surface area (Å²) in [5.74, 6) is 0.145. The first-order valence-corrected chi connectivity index (χ1v) is 12.4. The first-order valence-electron chi connectivity index (χ1n) is 10.6. The van der Waals surface area contributed by atoms with Crippen LogP contribution in [0.4, 0.5) is 20.7 Å². The molecule has 2 aromatic rings. The number of aryl methyl sites for hydroxylation is 1. The van der Waals surface area contributed by atoms with Crippen molar-refractivity contribution in [1.29, 1.82) is 0 Å². The number of hydrogen-bond acceptors (Lipinski definition) is 7. The number of sulfone groups is 1. The standard InChI is InChI=1S/C22H25FN4O5S/c1-14-9-16(11-25-21(14)26-5-7-33(30,31)8-6-26)19-4-3-17(10-20(19)23)27-13-18(32-22(27)29)12-24-15(2)28/h3-4,9-11,18H,5-8,12-13H2,1-2H3,(H,24,28)/t18-/m0/s1. The number of nitrogens with zero attached hydrogens (tertiary/aromatic N) is 3. The van der Waals surface area contributed by atoms with Crippen LogP contribution in [0.5, 0.6) is 0 Å². The minimum Gasteiger partial charge on any atom is -0.442 e. The van der Waals surface area contributed by atoms with Gasteiger partial charge in [-0.1, -0.05) is 0 Å². The van der Waals surface area contributed by atoms with E-state index in [1.807, 2.05) is 17.9 Å². The summed E-state index contributed by atoms with van der Waals surface area (Å²) in [6, 6.07) is 6.31. The van der Waals surface area contributed by atoms with Gasteiger partial charge in [-0.3, -0.25) is 9.69 Å². The molecule has 1 N–H and O–H groups in total. The van der Waals surface area contributed by atoms with Crippen LogP contribution in [-0.2, 0) is 19.4 Å². The van der Waals surface area contributed by atoms with Gasteiger partial charge in [0.1, 0.15) is 17.7 Å². The smallest absolute Gasteiger partial charge is 0.414 e. The second kappa shape index (κ2) is 8.97. The highest BCUT2D eigenvalue weighted by molar-refractivity contribution is 7.91. The molecule has 33 heavy (non-hydrogen) atoms. The molecule has 1 aromatic heterocycles. The molecule has 1 atom stereocenters. The van der Waals surface area contributed by atoms with E-state index >= 15 is 0 Å². The zero-order valence-corrected chi connectivity index (χ0v) is 19.2. The van der Waals surface area contributed by atoms with Gasteiger partial charge in [-0.25, -0.2) is 22.6 Å². The summed E-state index contributed by atoms with van der Waals surface area (Å²) in [7, 11) is -2.99. The second-order valence-electron chi connectivity index (χ2n) is 8.22. The van der Waals surface area contributed by atoms with Gasteiger partial charge in [-0.15, -0.1) is 0 Å². The molecule has 4 rings (SSSR count). The predicted molar refractivity (Wildman–Crippen MR) is 122 cm³/mol. The number of halogens is 1. The maximum absolute atomic E-state index is 15.0. The normalized spacial score (nSPS) is 20.0. The van der Waals surface area contributed by atoms with Gasteiger partial charge in [0.25, 0.3) is 0 Å². The van der Waals surface area contributed by atoms with E-state index in [9.17, 15) is 22.4 Å². The maximum atomic E-state index is 15.0. The average molecular weight is 477 g/mol. The molecule has 2 fully saturated rings. The molecular weight excluding hydrogens is 451 g/mol.